The Morgan fingerprint density at radius 1 is 0.921 bits per heavy atom. The van der Waals surface area contributed by atoms with Crippen LogP contribution in [0, 0.1) is 12.8 Å². The second-order valence-electron chi connectivity index (χ2n) is 12.8. The van der Waals surface area contributed by atoms with Gasteiger partial charge in [-0.15, -0.1) is 0 Å². The molecule has 7 heteroatoms. The quantitative estimate of drug-likeness (QED) is 0.278. The Bertz CT molecular complexity index is 882. The first-order valence-corrected chi connectivity index (χ1v) is 14.2. The van der Waals surface area contributed by atoms with E-state index < -0.39 is 29.3 Å². The molecule has 0 aliphatic heterocycles. The third kappa shape index (κ3) is 12.8. The van der Waals surface area contributed by atoms with Crippen molar-refractivity contribution >= 4 is 17.9 Å². The molecular formula is C31H53N3O4. The highest BCUT2D eigenvalue weighted by Crippen LogP contribution is 2.26. The van der Waals surface area contributed by atoms with Gasteiger partial charge in [0.15, 0.2) is 0 Å². The van der Waals surface area contributed by atoms with Gasteiger partial charge in [0, 0.05) is 12.1 Å². The topological polar surface area (TPSA) is 87.7 Å². The molecule has 0 heterocycles. The van der Waals surface area contributed by atoms with Crippen molar-refractivity contribution < 1.29 is 19.1 Å². The first-order valence-electron chi connectivity index (χ1n) is 14.2. The molecule has 1 aromatic rings. The standard InChI is InChI=1S/C31H53N3O4/c1-11-12-13-14-15-20-34(28(36)25(21-22(2)3)32-29(37)38-31(8,9)10)26(27(35)33-30(5,6)7)24-18-16-23(4)17-19-24/h16-19,22,25-26H,11-15,20-21H2,1-10H3,(H,32,37)(H,33,35). The SMILES string of the molecule is CCCCCCCN(C(=O)C(CC(C)C)NC(=O)OC(C)(C)C)C(C(=O)NC(C)(C)C)c1ccc(C)cc1. The fourth-order valence-electron chi connectivity index (χ4n) is 4.25. The van der Waals surface area contributed by atoms with Crippen molar-refractivity contribution in [2.75, 3.05) is 6.54 Å². The number of nitrogens with one attached hydrogen (secondary N) is 2. The van der Waals surface area contributed by atoms with Crippen LogP contribution in [0.15, 0.2) is 24.3 Å². The van der Waals surface area contributed by atoms with E-state index in [1.54, 1.807) is 25.7 Å². The minimum Gasteiger partial charge on any atom is -0.444 e. The van der Waals surface area contributed by atoms with Crippen molar-refractivity contribution in [2.45, 2.75) is 131 Å². The summed E-state index contributed by atoms with van der Waals surface area (Å²) in [5.74, 6) is -0.356. The van der Waals surface area contributed by atoms with E-state index in [1.165, 1.54) is 0 Å². The van der Waals surface area contributed by atoms with Gasteiger partial charge >= 0.3 is 6.09 Å². The molecule has 0 aliphatic carbocycles. The number of ether oxygens (including phenoxy) is 1. The molecule has 0 aliphatic rings. The normalized spacial score (nSPS) is 13.6. The molecule has 0 fully saturated rings. The van der Waals surface area contributed by atoms with Crippen LogP contribution in [-0.2, 0) is 14.3 Å². The molecule has 0 spiro atoms. The van der Waals surface area contributed by atoms with Gasteiger partial charge in [-0.2, -0.15) is 0 Å². The number of rotatable bonds is 13. The van der Waals surface area contributed by atoms with Crippen molar-refractivity contribution in [3.63, 3.8) is 0 Å². The van der Waals surface area contributed by atoms with Gasteiger partial charge in [0.05, 0.1) is 0 Å². The molecule has 0 radical (unpaired) electrons. The molecular weight excluding hydrogens is 478 g/mol. The van der Waals surface area contributed by atoms with E-state index in [2.05, 4.69) is 17.6 Å². The van der Waals surface area contributed by atoms with Crippen molar-refractivity contribution in [2.24, 2.45) is 5.92 Å². The smallest absolute Gasteiger partial charge is 0.408 e. The molecule has 2 N–H and O–H groups in total. The number of alkyl carbamates (subject to hydrolysis) is 1. The van der Waals surface area contributed by atoms with Crippen LogP contribution >= 0.6 is 0 Å². The lowest BCUT2D eigenvalue weighted by Crippen LogP contribution is -2.55. The Morgan fingerprint density at radius 3 is 2.00 bits per heavy atom. The Hall–Kier alpha value is -2.57. The van der Waals surface area contributed by atoms with Gasteiger partial charge in [-0.1, -0.05) is 76.3 Å². The Kier molecular flexibility index (Phi) is 13.3. The molecule has 0 aromatic heterocycles. The zero-order valence-electron chi connectivity index (χ0n) is 25.6. The number of hydrogen-bond acceptors (Lipinski definition) is 4. The molecule has 0 saturated heterocycles. The molecule has 1 rings (SSSR count). The summed E-state index contributed by atoms with van der Waals surface area (Å²) in [6, 6.07) is 6.12. The van der Waals surface area contributed by atoms with Crippen LogP contribution in [0.2, 0.25) is 0 Å². The van der Waals surface area contributed by atoms with Crippen LogP contribution in [0.4, 0.5) is 4.79 Å². The monoisotopic (exact) mass is 531 g/mol. The van der Waals surface area contributed by atoms with Crippen molar-refractivity contribution in [3.05, 3.63) is 35.4 Å². The van der Waals surface area contributed by atoms with E-state index in [-0.39, 0.29) is 17.7 Å². The zero-order valence-corrected chi connectivity index (χ0v) is 25.6. The highest BCUT2D eigenvalue weighted by Gasteiger charge is 2.37. The first kappa shape index (κ1) is 33.5. The molecule has 0 bridgehead atoms. The predicted molar refractivity (Wildman–Crippen MR) is 155 cm³/mol. The van der Waals surface area contributed by atoms with E-state index >= 15 is 0 Å². The van der Waals surface area contributed by atoms with Gasteiger partial charge < -0.3 is 20.3 Å². The molecule has 2 atom stereocenters. The Labute approximate surface area is 231 Å². The number of carbonyl (C=O) groups excluding carboxylic acids is 3. The average molecular weight is 532 g/mol. The lowest BCUT2D eigenvalue weighted by Gasteiger charge is -2.36. The molecule has 216 valence electrons. The first-order chi connectivity index (χ1) is 17.5. The summed E-state index contributed by atoms with van der Waals surface area (Å²) < 4.78 is 5.48. The maximum Gasteiger partial charge on any atom is 0.408 e. The van der Waals surface area contributed by atoms with E-state index in [0.29, 0.717) is 13.0 Å². The van der Waals surface area contributed by atoms with Crippen LogP contribution < -0.4 is 10.6 Å². The lowest BCUT2D eigenvalue weighted by atomic mass is 9.97. The number of carbonyl (C=O) groups is 3. The highest BCUT2D eigenvalue weighted by atomic mass is 16.6. The maximum absolute atomic E-state index is 14.2. The van der Waals surface area contributed by atoms with Crippen LogP contribution in [0.3, 0.4) is 0 Å². The molecule has 0 saturated carbocycles. The largest absolute Gasteiger partial charge is 0.444 e. The number of hydrogen-bond donors (Lipinski definition) is 2. The van der Waals surface area contributed by atoms with E-state index in [1.807, 2.05) is 65.8 Å². The fraction of sp³-hybridized carbons (Fsp3) is 0.710. The highest BCUT2D eigenvalue weighted by molar-refractivity contribution is 5.92. The Morgan fingerprint density at radius 2 is 1.50 bits per heavy atom. The number of benzene rings is 1. The summed E-state index contributed by atoms with van der Waals surface area (Å²) in [6.45, 7) is 19.8. The van der Waals surface area contributed by atoms with Gasteiger partial charge in [0.1, 0.15) is 17.7 Å². The average Bonchev–Trinajstić information content (AvgIpc) is 2.75. The zero-order chi connectivity index (χ0) is 29.1. The number of nitrogens with zero attached hydrogens (tertiary/aromatic N) is 1. The van der Waals surface area contributed by atoms with Gasteiger partial charge in [-0.3, -0.25) is 9.59 Å². The molecule has 2 unspecified atom stereocenters. The summed E-state index contributed by atoms with van der Waals surface area (Å²) in [4.78, 5) is 42.4. The maximum atomic E-state index is 14.2. The van der Waals surface area contributed by atoms with E-state index in [0.717, 1.165) is 43.2 Å². The number of unbranched alkanes of at least 4 members (excludes halogenated alkanes) is 4. The van der Waals surface area contributed by atoms with Crippen LogP contribution in [0.25, 0.3) is 0 Å². The lowest BCUT2D eigenvalue weighted by molar-refractivity contribution is -0.143. The van der Waals surface area contributed by atoms with Crippen molar-refractivity contribution in [1.82, 2.24) is 15.5 Å². The molecule has 38 heavy (non-hydrogen) atoms. The molecule has 3 amide bonds. The molecule has 7 nitrogen and oxygen atoms in total. The number of aryl methyl sites for hydroxylation is 1. The minimum atomic E-state index is -0.816. The summed E-state index contributed by atoms with van der Waals surface area (Å²) >= 11 is 0. The fourth-order valence-corrected chi connectivity index (χ4v) is 4.25. The predicted octanol–water partition coefficient (Wildman–Crippen LogP) is 6.69. The van der Waals surface area contributed by atoms with Gasteiger partial charge in [0.25, 0.3) is 0 Å². The second kappa shape index (κ2) is 15.1. The van der Waals surface area contributed by atoms with Gasteiger partial charge in [0.2, 0.25) is 11.8 Å². The minimum absolute atomic E-state index is 0.145. The van der Waals surface area contributed by atoms with Crippen LogP contribution in [0.5, 0.6) is 0 Å². The van der Waals surface area contributed by atoms with Crippen molar-refractivity contribution in [1.29, 1.82) is 0 Å². The third-order valence-corrected chi connectivity index (χ3v) is 5.93. The van der Waals surface area contributed by atoms with Gasteiger partial charge in [-0.25, -0.2) is 4.79 Å². The Balaban J connectivity index is 3.48. The summed E-state index contributed by atoms with van der Waals surface area (Å²) in [7, 11) is 0. The van der Waals surface area contributed by atoms with E-state index in [4.69, 9.17) is 4.74 Å². The van der Waals surface area contributed by atoms with Gasteiger partial charge in [-0.05, 0) is 72.8 Å². The summed E-state index contributed by atoms with van der Waals surface area (Å²) in [5.41, 5.74) is 0.665. The number of amides is 3. The van der Waals surface area contributed by atoms with Crippen LogP contribution in [0.1, 0.15) is 118 Å². The van der Waals surface area contributed by atoms with E-state index in [9.17, 15) is 14.4 Å². The molecule has 1 aromatic carbocycles. The third-order valence-electron chi connectivity index (χ3n) is 5.93. The van der Waals surface area contributed by atoms with Crippen molar-refractivity contribution in [3.8, 4) is 0 Å². The second-order valence-corrected chi connectivity index (χ2v) is 12.8. The summed E-state index contributed by atoms with van der Waals surface area (Å²) in [5, 5.41) is 5.90. The van der Waals surface area contributed by atoms with Crippen LogP contribution in [-0.4, -0.2) is 46.5 Å². The summed E-state index contributed by atoms with van der Waals surface area (Å²) in [6.07, 6.45) is 4.88.